The summed E-state index contributed by atoms with van der Waals surface area (Å²) < 4.78 is 32.5. The molecular weight excluding hydrogens is 312 g/mol. The van der Waals surface area contributed by atoms with E-state index in [-0.39, 0.29) is 0 Å². The molecule has 5 nitrogen and oxygen atoms in total. The van der Waals surface area contributed by atoms with Gasteiger partial charge in [0, 0.05) is 6.54 Å². The number of hydrogen-bond acceptors (Lipinski definition) is 4. The third-order valence-corrected chi connectivity index (χ3v) is 5.95. The minimum atomic E-state index is -3.44. The van der Waals surface area contributed by atoms with Crippen LogP contribution in [0.1, 0.15) is 31.7 Å². The van der Waals surface area contributed by atoms with E-state index in [9.17, 15) is 8.42 Å². The van der Waals surface area contributed by atoms with Gasteiger partial charge in [-0.05, 0) is 75.5 Å². The Labute approximate surface area is 140 Å². The Bertz CT molecular complexity index is 608. The van der Waals surface area contributed by atoms with Crippen molar-refractivity contribution in [1.29, 1.82) is 0 Å². The normalized spacial score (nSPS) is 17.3. The van der Waals surface area contributed by atoms with Crippen molar-refractivity contribution in [2.75, 3.05) is 33.3 Å². The maximum Gasteiger partial charge on any atom is 0.240 e. The molecule has 0 saturated carbocycles. The van der Waals surface area contributed by atoms with Crippen LogP contribution in [-0.2, 0) is 10.0 Å². The number of sulfonamides is 1. The minimum absolute atomic E-state index is 0.294. The van der Waals surface area contributed by atoms with E-state index in [2.05, 4.69) is 16.5 Å². The van der Waals surface area contributed by atoms with Gasteiger partial charge in [-0.15, -0.1) is 0 Å². The predicted molar refractivity (Wildman–Crippen MR) is 92.4 cm³/mol. The lowest BCUT2D eigenvalue weighted by molar-refractivity contribution is 0.191. The summed E-state index contributed by atoms with van der Waals surface area (Å²) in [6.07, 6.45) is 3.33. The van der Waals surface area contributed by atoms with Crippen LogP contribution in [0.2, 0.25) is 0 Å². The molecule has 6 heteroatoms. The first-order valence-corrected chi connectivity index (χ1v) is 9.77. The number of aryl methyl sites for hydroxylation is 1. The highest BCUT2D eigenvalue weighted by molar-refractivity contribution is 7.89. The van der Waals surface area contributed by atoms with Gasteiger partial charge in [0.25, 0.3) is 0 Å². The average Bonchev–Trinajstić information content (AvgIpc) is 2.53. The van der Waals surface area contributed by atoms with Crippen LogP contribution in [0.15, 0.2) is 23.1 Å². The van der Waals surface area contributed by atoms with Crippen LogP contribution in [-0.4, -0.2) is 46.6 Å². The zero-order valence-electron chi connectivity index (χ0n) is 14.3. The molecule has 2 rings (SSSR count). The standard InChI is InChI=1S/C17H28N2O3S/c1-14-7-11-19(12-8-14)10-4-9-18-23(20,21)16-5-6-17(22-3)15(2)13-16/h5-6,13-14,18H,4,7-12H2,1-3H3. The van der Waals surface area contributed by atoms with Crippen molar-refractivity contribution in [2.45, 2.75) is 38.0 Å². The summed E-state index contributed by atoms with van der Waals surface area (Å²) in [7, 11) is -1.86. The zero-order valence-corrected chi connectivity index (χ0v) is 15.2. The largest absolute Gasteiger partial charge is 0.496 e. The summed E-state index contributed by atoms with van der Waals surface area (Å²) in [5.74, 6) is 1.52. The fourth-order valence-corrected chi connectivity index (χ4v) is 4.06. The van der Waals surface area contributed by atoms with Crippen LogP contribution in [0.5, 0.6) is 5.75 Å². The molecule has 1 aromatic rings. The first-order valence-electron chi connectivity index (χ1n) is 8.29. The molecule has 0 spiro atoms. The third kappa shape index (κ3) is 5.19. The fourth-order valence-electron chi connectivity index (χ4n) is 2.90. The van der Waals surface area contributed by atoms with Gasteiger partial charge in [-0.3, -0.25) is 0 Å². The van der Waals surface area contributed by atoms with E-state index in [1.807, 2.05) is 6.92 Å². The molecule has 0 aromatic heterocycles. The monoisotopic (exact) mass is 340 g/mol. The molecule has 1 aromatic carbocycles. The van der Waals surface area contributed by atoms with Crippen molar-refractivity contribution in [3.05, 3.63) is 23.8 Å². The molecular formula is C17H28N2O3S. The molecule has 1 heterocycles. The number of nitrogens with zero attached hydrogens (tertiary/aromatic N) is 1. The molecule has 1 saturated heterocycles. The summed E-state index contributed by atoms with van der Waals surface area (Å²) in [6, 6.07) is 4.92. The molecule has 0 aliphatic carbocycles. The van der Waals surface area contributed by atoms with Crippen LogP contribution in [0, 0.1) is 12.8 Å². The molecule has 130 valence electrons. The average molecular weight is 340 g/mol. The fraction of sp³-hybridized carbons (Fsp3) is 0.647. The summed E-state index contributed by atoms with van der Waals surface area (Å²) >= 11 is 0. The number of nitrogens with one attached hydrogen (secondary N) is 1. The molecule has 0 amide bonds. The second-order valence-electron chi connectivity index (χ2n) is 6.41. The second-order valence-corrected chi connectivity index (χ2v) is 8.17. The van der Waals surface area contributed by atoms with Crippen molar-refractivity contribution in [1.82, 2.24) is 9.62 Å². The van der Waals surface area contributed by atoms with Gasteiger partial charge in [-0.2, -0.15) is 0 Å². The van der Waals surface area contributed by atoms with E-state index in [1.165, 1.54) is 12.8 Å². The maximum atomic E-state index is 12.3. The molecule has 0 unspecified atom stereocenters. The van der Waals surface area contributed by atoms with Crippen LogP contribution in [0.3, 0.4) is 0 Å². The first-order chi connectivity index (χ1) is 10.9. The van der Waals surface area contributed by atoms with E-state index in [4.69, 9.17) is 4.74 Å². The Morgan fingerprint density at radius 1 is 1.30 bits per heavy atom. The Balaban J connectivity index is 1.81. The number of likely N-dealkylation sites (tertiary alicyclic amines) is 1. The van der Waals surface area contributed by atoms with Gasteiger partial charge in [0.15, 0.2) is 0 Å². The number of rotatable bonds is 7. The molecule has 1 aliphatic heterocycles. The van der Waals surface area contributed by atoms with Crippen molar-refractivity contribution in [3.8, 4) is 5.75 Å². The Morgan fingerprint density at radius 2 is 2.00 bits per heavy atom. The molecule has 1 aliphatic rings. The van der Waals surface area contributed by atoms with Gasteiger partial charge in [-0.1, -0.05) is 6.92 Å². The van der Waals surface area contributed by atoms with Gasteiger partial charge in [0.2, 0.25) is 10.0 Å². The molecule has 1 fully saturated rings. The summed E-state index contributed by atoms with van der Waals surface area (Å²) in [5, 5.41) is 0. The highest BCUT2D eigenvalue weighted by Crippen LogP contribution is 2.21. The lowest BCUT2D eigenvalue weighted by Gasteiger charge is -2.30. The third-order valence-electron chi connectivity index (χ3n) is 4.50. The van der Waals surface area contributed by atoms with Crippen molar-refractivity contribution in [2.24, 2.45) is 5.92 Å². The zero-order chi connectivity index (χ0) is 16.9. The van der Waals surface area contributed by atoms with Gasteiger partial charge in [0.05, 0.1) is 12.0 Å². The van der Waals surface area contributed by atoms with E-state index >= 15 is 0 Å². The quantitative estimate of drug-likeness (QED) is 0.775. The topological polar surface area (TPSA) is 58.6 Å². The number of hydrogen-bond donors (Lipinski definition) is 1. The Morgan fingerprint density at radius 3 is 2.61 bits per heavy atom. The van der Waals surface area contributed by atoms with E-state index in [0.717, 1.165) is 37.5 Å². The smallest absolute Gasteiger partial charge is 0.240 e. The Kier molecular flexibility index (Phi) is 6.44. The SMILES string of the molecule is COc1ccc(S(=O)(=O)NCCCN2CCC(C)CC2)cc1C. The van der Waals surface area contributed by atoms with Crippen molar-refractivity contribution < 1.29 is 13.2 Å². The van der Waals surface area contributed by atoms with Gasteiger partial charge >= 0.3 is 0 Å². The second kappa shape index (κ2) is 8.13. The van der Waals surface area contributed by atoms with Crippen molar-refractivity contribution >= 4 is 10.0 Å². The molecule has 23 heavy (non-hydrogen) atoms. The number of methoxy groups -OCH3 is 1. The lowest BCUT2D eigenvalue weighted by atomic mass is 9.99. The van der Waals surface area contributed by atoms with Crippen LogP contribution < -0.4 is 9.46 Å². The molecule has 0 radical (unpaired) electrons. The van der Waals surface area contributed by atoms with Gasteiger partial charge in [0.1, 0.15) is 5.75 Å². The summed E-state index contributed by atoms with van der Waals surface area (Å²) in [4.78, 5) is 2.72. The number of ether oxygens (including phenoxy) is 1. The van der Waals surface area contributed by atoms with E-state index in [1.54, 1.807) is 25.3 Å². The number of piperidine rings is 1. The van der Waals surface area contributed by atoms with Crippen LogP contribution >= 0.6 is 0 Å². The summed E-state index contributed by atoms with van der Waals surface area (Å²) in [6.45, 7) is 7.82. The number of benzene rings is 1. The predicted octanol–water partition coefficient (Wildman–Crippen LogP) is 2.40. The van der Waals surface area contributed by atoms with Gasteiger partial charge < -0.3 is 9.64 Å². The van der Waals surface area contributed by atoms with Crippen molar-refractivity contribution in [3.63, 3.8) is 0 Å². The summed E-state index contributed by atoms with van der Waals surface area (Å²) in [5.41, 5.74) is 0.817. The minimum Gasteiger partial charge on any atom is -0.496 e. The van der Waals surface area contributed by atoms with Crippen LogP contribution in [0.4, 0.5) is 0 Å². The van der Waals surface area contributed by atoms with E-state index in [0.29, 0.717) is 17.2 Å². The van der Waals surface area contributed by atoms with Crippen LogP contribution in [0.25, 0.3) is 0 Å². The van der Waals surface area contributed by atoms with Gasteiger partial charge in [-0.25, -0.2) is 13.1 Å². The Hall–Kier alpha value is -1.11. The maximum absolute atomic E-state index is 12.3. The first kappa shape index (κ1) is 18.2. The molecule has 0 atom stereocenters. The molecule has 0 bridgehead atoms. The highest BCUT2D eigenvalue weighted by atomic mass is 32.2. The highest BCUT2D eigenvalue weighted by Gasteiger charge is 2.17. The molecule has 1 N–H and O–H groups in total. The van der Waals surface area contributed by atoms with E-state index < -0.39 is 10.0 Å². The lowest BCUT2D eigenvalue weighted by Crippen LogP contribution is -2.35.